The molecule has 3 heterocycles. The van der Waals surface area contributed by atoms with Gasteiger partial charge in [-0.15, -0.1) is 10.2 Å². The van der Waals surface area contributed by atoms with E-state index < -0.39 is 0 Å². The van der Waals surface area contributed by atoms with Crippen LogP contribution in [0, 0.1) is 13.8 Å². The Morgan fingerprint density at radius 2 is 2.00 bits per heavy atom. The molecule has 0 radical (unpaired) electrons. The van der Waals surface area contributed by atoms with Crippen molar-refractivity contribution in [2.24, 2.45) is 7.05 Å². The number of rotatable bonds is 2. The zero-order chi connectivity index (χ0) is 15.1. The molecule has 8 heteroatoms. The quantitative estimate of drug-likeness (QED) is 0.710. The first kappa shape index (κ1) is 13.9. The van der Waals surface area contributed by atoms with E-state index in [-0.39, 0.29) is 0 Å². The lowest BCUT2D eigenvalue weighted by Gasteiger charge is -1.98. The van der Waals surface area contributed by atoms with Crippen molar-refractivity contribution >= 4 is 33.2 Å². The molecule has 0 spiro atoms. The van der Waals surface area contributed by atoms with Crippen molar-refractivity contribution in [2.45, 2.75) is 20.8 Å². The predicted molar refractivity (Wildman–Crippen MR) is 82.5 cm³/mol. The number of fused-ring (bicyclic) bond motifs is 1. The van der Waals surface area contributed by atoms with Crippen LogP contribution >= 0.6 is 15.9 Å². The van der Waals surface area contributed by atoms with Crippen LogP contribution in [0.5, 0.6) is 0 Å². The molecule has 3 aromatic heterocycles. The highest BCUT2D eigenvalue weighted by molar-refractivity contribution is 9.10. The van der Waals surface area contributed by atoms with Crippen LogP contribution < -0.4 is 0 Å². The van der Waals surface area contributed by atoms with Crippen molar-refractivity contribution in [1.82, 2.24) is 34.3 Å². The molecule has 108 valence electrons. The molecule has 0 bridgehead atoms. The fourth-order valence-corrected chi connectivity index (χ4v) is 2.53. The van der Waals surface area contributed by atoms with E-state index in [1.165, 1.54) is 0 Å². The van der Waals surface area contributed by atoms with Gasteiger partial charge in [0.2, 0.25) is 4.73 Å². The number of allylic oxidation sites excluding steroid dienone is 1. The van der Waals surface area contributed by atoms with Gasteiger partial charge in [0, 0.05) is 13.2 Å². The summed E-state index contributed by atoms with van der Waals surface area (Å²) in [5, 5.41) is 8.67. The zero-order valence-corrected chi connectivity index (χ0v) is 13.7. The highest BCUT2D eigenvalue weighted by atomic mass is 79.9. The van der Waals surface area contributed by atoms with E-state index in [2.05, 4.69) is 41.1 Å². The van der Waals surface area contributed by atoms with Gasteiger partial charge in [-0.25, -0.2) is 19.2 Å². The zero-order valence-electron chi connectivity index (χ0n) is 12.2. The Labute approximate surface area is 129 Å². The fourth-order valence-electron chi connectivity index (χ4n) is 2.13. The lowest BCUT2D eigenvalue weighted by atomic mass is 10.2. The van der Waals surface area contributed by atoms with Gasteiger partial charge in [0.1, 0.15) is 0 Å². The van der Waals surface area contributed by atoms with Gasteiger partial charge in [-0.1, -0.05) is 0 Å². The molecule has 0 unspecified atom stereocenters. The first-order valence-corrected chi connectivity index (χ1v) is 7.19. The van der Waals surface area contributed by atoms with Gasteiger partial charge in [0.25, 0.3) is 0 Å². The third-order valence-corrected chi connectivity index (χ3v) is 3.50. The molecular formula is C13H14BrN7. The van der Waals surface area contributed by atoms with Crippen molar-refractivity contribution in [3.8, 4) is 0 Å². The highest BCUT2D eigenvalue weighted by Crippen LogP contribution is 2.17. The third kappa shape index (κ3) is 2.46. The second-order valence-corrected chi connectivity index (χ2v) is 5.56. The van der Waals surface area contributed by atoms with Crippen LogP contribution in [0.15, 0.2) is 10.9 Å². The second kappa shape index (κ2) is 5.03. The topological polar surface area (TPSA) is 73.8 Å². The molecule has 0 aliphatic heterocycles. The maximum atomic E-state index is 4.52. The van der Waals surface area contributed by atoms with Crippen LogP contribution in [0.2, 0.25) is 0 Å². The molecule has 0 saturated carbocycles. The highest BCUT2D eigenvalue weighted by Gasteiger charge is 2.10. The fraction of sp³-hybridized carbons (Fsp3) is 0.308. The van der Waals surface area contributed by atoms with Gasteiger partial charge in [-0.3, -0.25) is 4.98 Å². The molecule has 0 fully saturated rings. The Kier molecular flexibility index (Phi) is 3.32. The Balaban J connectivity index is 2.09. The summed E-state index contributed by atoms with van der Waals surface area (Å²) in [6.45, 7) is 5.83. The lowest BCUT2D eigenvalue weighted by molar-refractivity contribution is 0.747. The summed E-state index contributed by atoms with van der Waals surface area (Å²) in [6.07, 6.45) is 3.68. The van der Waals surface area contributed by atoms with Gasteiger partial charge in [0.05, 0.1) is 11.4 Å². The second-order valence-electron chi connectivity index (χ2n) is 4.85. The van der Waals surface area contributed by atoms with E-state index in [0.29, 0.717) is 10.6 Å². The number of nitrogens with zero attached hydrogens (tertiary/aromatic N) is 7. The molecule has 7 nitrogen and oxygen atoms in total. The van der Waals surface area contributed by atoms with E-state index in [1.54, 1.807) is 15.4 Å². The number of aromatic nitrogens is 7. The minimum absolute atomic E-state index is 0.562. The Morgan fingerprint density at radius 3 is 2.62 bits per heavy atom. The molecular weight excluding hydrogens is 334 g/mol. The van der Waals surface area contributed by atoms with E-state index in [9.17, 15) is 0 Å². The minimum Gasteiger partial charge on any atom is -0.256 e. The molecule has 0 aromatic carbocycles. The first-order chi connectivity index (χ1) is 9.95. The van der Waals surface area contributed by atoms with Gasteiger partial charge < -0.3 is 0 Å². The average Bonchev–Trinajstić information content (AvgIpc) is 2.98. The van der Waals surface area contributed by atoms with Gasteiger partial charge in [-0.05, 0) is 48.4 Å². The summed E-state index contributed by atoms with van der Waals surface area (Å²) in [5.41, 5.74) is 3.51. The smallest absolute Gasteiger partial charge is 0.217 e. The van der Waals surface area contributed by atoms with Gasteiger partial charge in [0.15, 0.2) is 17.3 Å². The number of hydrogen-bond donors (Lipinski definition) is 0. The summed E-state index contributed by atoms with van der Waals surface area (Å²) in [7, 11) is 1.85. The van der Waals surface area contributed by atoms with Crippen molar-refractivity contribution in [3.05, 3.63) is 34.0 Å². The molecule has 3 aromatic rings. The molecule has 0 saturated heterocycles. The molecule has 0 atom stereocenters. The maximum absolute atomic E-state index is 4.52. The van der Waals surface area contributed by atoms with Crippen LogP contribution in [0.1, 0.15) is 30.0 Å². The standard InChI is InChI=1S/C13H14BrN7/c1-7(11-17-13(14)19-20(11)4)5-10-16-12-9(3)15-6-8(2)21(12)18-10/h5-6H,1-4H3/b7-5-. The monoisotopic (exact) mass is 347 g/mol. The van der Waals surface area contributed by atoms with E-state index in [1.807, 2.05) is 33.9 Å². The van der Waals surface area contributed by atoms with Gasteiger partial charge in [-0.2, -0.15) is 0 Å². The molecule has 0 N–H and O–H groups in total. The minimum atomic E-state index is 0.562. The van der Waals surface area contributed by atoms with Crippen molar-refractivity contribution in [1.29, 1.82) is 0 Å². The number of hydrogen-bond acceptors (Lipinski definition) is 5. The summed E-state index contributed by atoms with van der Waals surface area (Å²) in [4.78, 5) is 13.1. The summed E-state index contributed by atoms with van der Waals surface area (Å²) in [5.74, 6) is 1.40. The Morgan fingerprint density at radius 1 is 1.24 bits per heavy atom. The lowest BCUT2D eigenvalue weighted by Crippen LogP contribution is -1.98. The number of halogens is 1. The molecule has 21 heavy (non-hydrogen) atoms. The van der Waals surface area contributed by atoms with E-state index in [0.717, 1.165) is 28.4 Å². The van der Waals surface area contributed by atoms with Crippen LogP contribution in [-0.2, 0) is 7.05 Å². The summed E-state index contributed by atoms with van der Waals surface area (Å²) >= 11 is 3.27. The van der Waals surface area contributed by atoms with Crippen LogP contribution in [0.3, 0.4) is 0 Å². The number of aryl methyl sites for hydroxylation is 3. The first-order valence-electron chi connectivity index (χ1n) is 6.40. The Hall–Kier alpha value is -2.09. The third-order valence-electron chi connectivity index (χ3n) is 3.16. The van der Waals surface area contributed by atoms with Crippen molar-refractivity contribution in [2.75, 3.05) is 0 Å². The normalized spacial score (nSPS) is 12.3. The average molecular weight is 348 g/mol. The largest absolute Gasteiger partial charge is 0.256 e. The van der Waals surface area contributed by atoms with Crippen molar-refractivity contribution < 1.29 is 0 Å². The van der Waals surface area contributed by atoms with Crippen molar-refractivity contribution in [3.63, 3.8) is 0 Å². The van der Waals surface area contributed by atoms with E-state index in [4.69, 9.17) is 0 Å². The molecule has 0 amide bonds. The van der Waals surface area contributed by atoms with E-state index >= 15 is 0 Å². The molecule has 0 aliphatic rings. The summed E-state index contributed by atoms with van der Waals surface area (Å²) in [6, 6.07) is 0. The van der Waals surface area contributed by atoms with Gasteiger partial charge >= 0.3 is 0 Å². The van der Waals surface area contributed by atoms with Crippen LogP contribution in [-0.4, -0.2) is 34.3 Å². The maximum Gasteiger partial charge on any atom is 0.217 e. The molecule has 0 aliphatic carbocycles. The Bertz CT molecular complexity index is 820. The molecule has 3 rings (SSSR count). The van der Waals surface area contributed by atoms with Crippen LogP contribution in [0.4, 0.5) is 0 Å². The predicted octanol–water partition coefficient (Wildman–Crippen LogP) is 2.19. The van der Waals surface area contributed by atoms with Crippen LogP contribution in [0.25, 0.3) is 17.3 Å². The SMILES string of the molecule is C/C(=C/c1nc2c(C)ncc(C)n2n1)c1nc(Br)nn1C. The summed E-state index contributed by atoms with van der Waals surface area (Å²) < 4.78 is 4.07.